The monoisotopic (exact) mass is 565 g/mol. The highest BCUT2D eigenvalue weighted by molar-refractivity contribution is 6.39. The number of amides is 4. The lowest BCUT2D eigenvalue weighted by Crippen LogP contribution is -2.54. The summed E-state index contributed by atoms with van der Waals surface area (Å²) < 4.78 is 11.5. The SMILES string of the molecule is CCOc1cc(/C=C2\C(=O)NC(=O)N(c3ccc([N+](=O)[O-])cc3)C2=O)cc(Cl)c1OCc1ccc(C(=O)O)cc1. The van der Waals surface area contributed by atoms with Crippen LogP contribution in [0, 0.1) is 10.1 Å². The number of carbonyl (C=O) groups excluding carboxylic acids is 3. The minimum atomic E-state index is -1.05. The van der Waals surface area contributed by atoms with Gasteiger partial charge in [0.25, 0.3) is 17.5 Å². The summed E-state index contributed by atoms with van der Waals surface area (Å²) in [5.74, 6) is -2.52. The molecule has 1 fully saturated rings. The second-order valence-electron chi connectivity index (χ2n) is 8.29. The number of ether oxygens (including phenoxy) is 2. The van der Waals surface area contributed by atoms with Crippen LogP contribution in [-0.2, 0) is 16.2 Å². The molecular weight excluding hydrogens is 546 g/mol. The molecule has 1 saturated heterocycles. The number of nitro groups is 1. The van der Waals surface area contributed by atoms with Gasteiger partial charge in [0, 0.05) is 12.1 Å². The Labute approximate surface area is 231 Å². The number of anilines is 1. The van der Waals surface area contributed by atoms with E-state index in [0.29, 0.717) is 16.0 Å². The first-order valence-electron chi connectivity index (χ1n) is 11.7. The second-order valence-corrected chi connectivity index (χ2v) is 8.69. The van der Waals surface area contributed by atoms with Crippen LogP contribution in [0.2, 0.25) is 5.02 Å². The Balaban J connectivity index is 1.62. The number of nitro benzene ring substituents is 1. The van der Waals surface area contributed by atoms with Crippen molar-refractivity contribution in [1.82, 2.24) is 5.32 Å². The zero-order chi connectivity index (χ0) is 29.0. The molecule has 0 unspecified atom stereocenters. The average Bonchev–Trinajstić information content (AvgIpc) is 2.91. The van der Waals surface area contributed by atoms with E-state index in [1.807, 2.05) is 0 Å². The van der Waals surface area contributed by atoms with E-state index in [2.05, 4.69) is 5.32 Å². The third-order valence-electron chi connectivity index (χ3n) is 5.65. The number of carboxylic acid groups (broad SMARTS) is 1. The van der Waals surface area contributed by atoms with E-state index in [-0.39, 0.29) is 52.2 Å². The Hall–Kier alpha value is -5.23. The van der Waals surface area contributed by atoms with Gasteiger partial charge in [-0.3, -0.25) is 25.0 Å². The number of benzene rings is 3. The number of imide groups is 2. The number of non-ortho nitro benzene ring substituents is 1. The summed E-state index contributed by atoms with van der Waals surface area (Å²) in [5, 5.41) is 22.2. The molecule has 3 aromatic carbocycles. The number of carboxylic acids is 1. The van der Waals surface area contributed by atoms with Crippen LogP contribution in [0.3, 0.4) is 0 Å². The van der Waals surface area contributed by atoms with Gasteiger partial charge in [0.05, 0.1) is 27.8 Å². The molecule has 0 radical (unpaired) electrons. The predicted octanol–water partition coefficient (Wildman–Crippen LogP) is 4.59. The van der Waals surface area contributed by atoms with Crippen LogP contribution in [-0.4, -0.2) is 40.5 Å². The lowest BCUT2D eigenvalue weighted by atomic mass is 10.1. The number of barbiturate groups is 1. The van der Waals surface area contributed by atoms with Gasteiger partial charge in [-0.05, 0) is 60.5 Å². The minimum absolute atomic E-state index is 0.0275. The zero-order valence-electron chi connectivity index (χ0n) is 20.8. The van der Waals surface area contributed by atoms with Crippen LogP contribution in [0.15, 0.2) is 66.2 Å². The molecule has 40 heavy (non-hydrogen) atoms. The van der Waals surface area contributed by atoms with Gasteiger partial charge in [-0.2, -0.15) is 0 Å². The van der Waals surface area contributed by atoms with Crippen molar-refractivity contribution < 1.29 is 38.7 Å². The molecule has 4 rings (SSSR count). The highest BCUT2D eigenvalue weighted by atomic mass is 35.5. The van der Waals surface area contributed by atoms with Gasteiger partial charge < -0.3 is 14.6 Å². The van der Waals surface area contributed by atoms with Crippen molar-refractivity contribution in [2.24, 2.45) is 0 Å². The molecule has 0 aromatic heterocycles. The van der Waals surface area contributed by atoms with Crippen molar-refractivity contribution >= 4 is 52.9 Å². The van der Waals surface area contributed by atoms with E-state index in [9.17, 15) is 29.3 Å². The Bertz CT molecular complexity index is 1550. The largest absolute Gasteiger partial charge is 0.490 e. The number of urea groups is 1. The molecular formula is C27H20ClN3O9. The molecule has 13 heteroatoms. The van der Waals surface area contributed by atoms with Crippen molar-refractivity contribution in [3.63, 3.8) is 0 Å². The molecule has 3 aromatic rings. The maximum Gasteiger partial charge on any atom is 0.335 e. The van der Waals surface area contributed by atoms with Gasteiger partial charge in [-0.15, -0.1) is 0 Å². The summed E-state index contributed by atoms with van der Waals surface area (Å²) in [4.78, 5) is 60.2. The number of hydrogen-bond acceptors (Lipinski definition) is 8. The van der Waals surface area contributed by atoms with Gasteiger partial charge >= 0.3 is 12.0 Å². The van der Waals surface area contributed by atoms with Crippen LogP contribution in [0.25, 0.3) is 6.08 Å². The molecule has 0 spiro atoms. The quantitative estimate of drug-likeness (QED) is 0.163. The Morgan fingerprint density at radius 3 is 2.35 bits per heavy atom. The summed E-state index contributed by atoms with van der Waals surface area (Å²) in [6.45, 7) is 2.02. The van der Waals surface area contributed by atoms with Gasteiger partial charge in [-0.1, -0.05) is 23.7 Å². The normalized spacial score (nSPS) is 14.2. The first-order chi connectivity index (χ1) is 19.1. The first-order valence-corrected chi connectivity index (χ1v) is 12.0. The fraction of sp³-hybridized carbons (Fsp3) is 0.111. The highest BCUT2D eigenvalue weighted by Crippen LogP contribution is 2.38. The molecule has 0 saturated carbocycles. The van der Waals surface area contributed by atoms with E-state index >= 15 is 0 Å². The van der Waals surface area contributed by atoms with Crippen LogP contribution < -0.4 is 19.7 Å². The maximum absolute atomic E-state index is 13.2. The van der Waals surface area contributed by atoms with Crippen molar-refractivity contribution in [3.8, 4) is 11.5 Å². The van der Waals surface area contributed by atoms with Crippen LogP contribution in [0.5, 0.6) is 11.5 Å². The molecule has 204 valence electrons. The summed E-state index contributed by atoms with van der Waals surface area (Å²) in [7, 11) is 0. The van der Waals surface area contributed by atoms with Crippen molar-refractivity contribution in [1.29, 1.82) is 0 Å². The van der Waals surface area contributed by atoms with Crippen LogP contribution in [0.4, 0.5) is 16.2 Å². The molecule has 2 N–H and O–H groups in total. The maximum atomic E-state index is 13.2. The molecule has 1 aliphatic rings. The molecule has 0 atom stereocenters. The van der Waals surface area contributed by atoms with Crippen molar-refractivity contribution in [2.45, 2.75) is 13.5 Å². The summed E-state index contributed by atoms with van der Waals surface area (Å²) in [6.07, 6.45) is 1.23. The molecule has 0 bridgehead atoms. The van der Waals surface area contributed by atoms with E-state index < -0.39 is 28.7 Å². The fourth-order valence-corrected chi connectivity index (χ4v) is 4.03. The highest BCUT2D eigenvalue weighted by Gasteiger charge is 2.37. The van der Waals surface area contributed by atoms with Crippen LogP contribution >= 0.6 is 11.6 Å². The summed E-state index contributed by atoms with van der Waals surface area (Å²) in [5.41, 5.74) is 0.504. The van der Waals surface area contributed by atoms with Crippen molar-refractivity contribution in [2.75, 3.05) is 11.5 Å². The van der Waals surface area contributed by atoms with Crippen molar-refractivity contribution in [3.05, 3.63) is 98.1 Å². The molecule has 12 nitrogen and oxygen atoms in total. The van der Waals surface area contributed by atoms with Gasteiger partial charge in [0.1, 0.15) is 12.2 Å². The Morgan fingerprint density at radius 2 is 1.75 bits per heavy atom. The lowest BCUT2D eigenvalue weighted by Gasteiger charge is -2.26. The second kappa shape index (κ2) is 11.7. The average molecular weight is 566 g/mol. The molecule has 0 aliphatic carbocycles. The number of aromatic carboxylic acids is 1. The number of rotatable bonds is 9. The van der Waals surface area contributed by atoms with E-state index in [0.717, 1.165) is 12.1 Å². The number of nitrogens with zero attached hydrogens (tertiary/aromatic N) is 2. The van der Waals surface area contributed by atoms with E-state index in [4.69, 9.17) is 26.2 Å². The smallest absolute Gasteiger partial charge is 0.335 e. The summed E-state index contributed by atoms with van der Waals surface area (Å²) >= 11 is 6.46. The molecule has 1 aliphatic heterocycles. The van der Waals surface area contributed by atoms with E-state index in [1.54, 1.807) is 19.1 Å². The fourth-order valence-electron chi connectivity index (χ4n) is 3.76. The van der Waals surface area contributed by atoms with Gasteiger partial charge in [0.15, 0.2) is 11.5 Å². The third-order valence-corrected chi connectivity index (χ3v) is 5.93. The standard InChI is InChI=1S/C27H20ClN3O9/c1-2-39-22-13-16(12-21(28)23(22)40-14-15-3-5-17(6-4-15)26(34)35)11-20-24(32)29-27(36)30(25(20)33)18-7-9-19(10-8-18)31(37)38/h3-13H,2,14H2,1H3,(H,34,35)(H,29,32,36)/b20-11+. The third kappa shape index (κ3) is 5.92. The number of hydrogen-bond donors (Lipinski definition) is 2. The number of halogens is 1. The summed E-state index contributed by atoms with van der Waals surface area (Å²) in [6, 6.07) is 12.7. The Morgan fingerprint density at radius 1 is 1.07 bits per heavy atom. The number of carbonyl (C=O) groups is 4. The van der Waals surface area contributed by atoms with Gasteiger partial charge in [-0.25, -0.2) is 14.5 Å². The molecule has 1 heterocycles. The lowest BCUT2D eigenvalue weighted by molar-refractivity contribution is -0.384. The zero-order valence-corrected chi connectivity index (χ0v) is 21.5. The molecule has 4 amide bonds. The first kappa shape index (κ1) is 27.8. The number of nitrogens with one attached hydrogen (secondary N) is 1. The predicted molar refractivity (Wildman–Crippen MR) is 142 cm³/mol. The van der Waals surface area contributed by atoms with E-state index in [1.165, 1.54) is 42.5 Å². The minimum Gasteiger partial charge on any atom is -0.490 e. The Kier molecular flexibility index (Phi) is 8.10. The van der Waals surface area contributed by atoms with Crippen LogP contribution in [0.1, 0.15) is 28.4 Å². The van der Waals surface area contributed by atoms with Gasteiger partial charge in [0.2, 0.25) is 0 Å². The topological polar surface area (TPSA) is 165 Å².